The number of unbranched alkanes of at least 4 members (excludes halogenated alkanes) is 2. The summed E-state index contributed by atoms with van der Waals surface area (Å²) in [5.74, 6) is -1.16. The first-order valence-electron chi connectivity index (χ1n) is 17.9. The van der Waals surface area contributed by atoms with Crippen LogP contribution in [0.2, 0.25) is 20.1 Å². The molecule has 5 nitrogen and oxygen atoms in total. The molecule has 0 saturated heterocycles. The van der Waals surface area contributed by atoms with E-state index in [1.807, 2.05) is 36.4 Å². The lowest BCUT2D eigenvalue weighted by Crippen LogP contribution is -2.33. The molecule has 3 aromatic carbocycles. The lowest BCUT2D eigenvalue weighted by molar-refractivity contribution is -0.438. The Morgan fingerprint density at radius 2 is 1.35 bits per heavy atom. The summed E-state index contributed by atoms with van der Waals surface area (Å²) >= 11 is 26.1. The van der Waals surface area contributed by atoms with E-state index >= 15 is 0 Å². The van der Waals surface area contributed by atoms with Crippen LogP contribution in [0.5, 0.6) is 0 Å². The van der Waals surface area contributed by atoms with Crippen molar-refractivity contribution in [1.29, 1.82) is 0 Å². The maximum absolute atomic E-state index is 14.7. The zero-order valence-corrected chi connectivity index (χ0v) is 33.2. The predicted molar refractivity (Wildman–Crippen MR) is 214 cm³/mol. The van der Waals surface area contributed by atoms with Crippen LogP contribution in [0.3, 0.4) is 0 Å². The van der Waals surface area contributed by atoms with Crippen LogP contribution < -0.4 is 4.90 Å². The van der Waals surface area contributed by atoms with E-state index in [1.165, 1.54) is 0 Å². The Kier molecular flexibility index (Phi) is 9.43. The number of rotatable bonds is 9. The van der Waals surface area contributed by atoms with Crippen LogP contribution >= 0.6 is 46.4 Å². The number of ketones is 2. The zero-order valence-electron chi connectivity index (χ0n) is 30.2. The fraction of sp³-hybridized carbons (Fsp3) is 0.326. The second kappa shape index (κ2) is 13.4. The lowest BCUT2D eigenvalue weighted by Gasteiger charge is -2.31. The van der Waals surface area contributed by atoms with Gasteiger partial charge in [-0.15, -0.1) is 0 Å². The highest BCUT2D eigenvalue weighted by Crippen LogP contribution is 2.54. The van der Waals surface area contributed by atoms with Crippen molar-refractivity contribution in [2.75, 3.05) is 18.0 Å². The standard InChI is InChI=1S/C43H40Cl4N2O3/c1-7-9-19-48-27-17-13-11-15-25(27)42(3,4)29(48)21-23-31(34-40(51)32-33(41(34)52)36(45)38(47)37(46)35(32)44)24(39(23)50)22-30-43(5,6)26-16-12-14-18-28(26)49(30)20-10-8-2/h11-18,21-22H,7-10,19-20H2,1-6H3/p+1. The number of allylic oxidation sites excluding steroid dienone is 7. The first-order chi connectivity index (χ1) is 24.7. The summed E-state index contributed by atoms with van der Waals surface area (Å²) in [5.41, 5.74) is 6.46. The average molecular weight is 776 g/mol. The summed E-state index contributed by atoms with van der Waals surface area (Å²) in [6.07, 6.45) is 7.73. The molecule has 0 bridgehead atoms. The van der Waals surface area contributed by atoms with E-state index in [-0.39, 0.29) is 48.3 Å². The van der Waals surface area contributed by atoms with Gasteiger partial charge in [-0.25, -0.2) is 0 Å². The number of hydrogen-bond acceptors (Lipinski definition) is 4. The third kappa shape index (κ3) is 5.29. The summed E-state index contributed by atoms with van der Waals surface area (Å²) in [4.78, 5) is 31.5. The summed E-state index contributed by atoms with van der Waals surface area (Å²) in [6, 6.07) is 16.6. The molecule has 0 atom stereocenters. The first kappa shape index (κ1) is 36.7. The molecule has 0 unspecified atom stereocenters. The lowest BCUT2D eigenvalue weighted by atomic mass is 9.72. The van der Waals surface area contributed by atoms with Gasteiger partial charge in [-0.1, -0.05) is 123 Å². The molecule has 2 heterocycles. The maximum atomic E-state index is 14.7. The van der Waals surface area contributed by atoms with Crippen LogP contribution in [-0.2, 0) is 15.6 Å². The van der Waals surface area contributed by atoms with Gasteiger partial charge in [0.15, 0.2) is 17.3 Å². The molecule has 0 spiro atoms. The number of benzene rings is 3. The smallest absolute Gasteiger partial charge is 0.209 e. The van der Waals surface area contributed by atoms with E-state index in [4.69, 9.17) is 46.4 Å². The molecular formula is C43H41Cl4N2O3+. The van der Waals surface area contributed by atoms with Crippen molar-refractivity contribution in [3.05, 3.63) is 131 Å². The van der Waals surface area contributed by atoms with Gasteiger partial charge in [-0.3, -0.25) is 9.59 Å². The molecule has 0 fully saturated rings. The van der Waals surface area contributed by atoms with E-state index in [1.54, 1.807) is 0 Å². The average Bonchev–Trinajstić information content (AvgIpc) is 3.60. The normalized spacial score (nSPS) is 20.1. The summed E-state index contributed by atoms with van der Waals surface area (Å²) in [7, 11) is 0. The van der Waals surface area contributed by atoms with Gasteiger partial charge in [-0.05, 0) is 38.0 Å². The molecule has 2 aliphatic heterocycles. The van der Waals surface area contributed by atoms with E-state index < -0.39 is 16.6 Å². The van der Waals surface area contributed by atoms with Gasteiger partial charge in [0.1, 0.15) is 12.3 Å². The van der Waals surface area contributed by atoms with Gasteiger partial charge in [0.25, 0.3) is 0 Å². The Bertz CT molecular complexity index is 2270. The van der Waals surface area contributed by atoms with Crippen LogP contribution in [0.1, 0.15) is 94.3 Å². The summed E-state index contributed by atoms with van der Waals surface area (Å²) < 4.78 is 2.28. The molecule has 1 N–H and O–H groups in total. The van der Waals surface area contributed by atoms with Crippen LogP contribution in [0.25, 0.3) is 5.76 Å². The monoisotopic (exact) mass is 773 g/mol. The number of halogens is 4. The van der Waals surface area contributed by atoms with Gasteiger partial charge in [0.2, 0.25) is 5.69 Å². The number of anilines is 1. The molecule has 0 aromatic heterocycles. The Labute approximate surface area is 325 Å². The van der Waals surface area contributed by atoms with Gasteiger partial charge >= 0.3 is 0 Å². The third-order valence-corrected chi connectivity index (χ3v) is 12.9. The molecule has 2 aliphatic carbocycles. The maximum Gasteiger partial charge on any atom is 0.209 e. The van der Waals surface area contributed by atoms with Gasteiger partial charge in [0.05, 0.1) is 42.2 Å². The minimum Gasteiger partial charge on any atom is -0.506 e. The number of aliphatic hydroxyl groups excluding tert-OH is 1. The third-order valence-electron chi connectivity index (χ3n) is 11.1. The number of nitrogens with zero attached hydrogens (tertiary/aromatic N) is 2. The van der Waals surface area contributed by atoms with Crippen LogP contribution in [0, 0.1) is 0 Å². The van der Waals surface area contributed by atoms with Crippen LogP contribution in [-0.4, -0.2) is 40.0 Å². The van der Waals surface area contributed by atoms with Gasteiger partial charge in [0, 0.05) is 64.2 Å². The molecule has 268 valence electrons. The van der Waals surface area contributed by atoms with Gasteiger partial charge in [-0.2, -0.15) is 4.58 Å². The predicted octanol–water partition coefficient (Wildman–Crippen LogP) is 11.9. The second-order valence-corrected chi connectivity index (χ2v) is 16.5. The minimum atomic E-state index is -0.569. The Morgan fingerprint density at radius 1 is 0.731 bits per heavy atom. The molecule has 0 radical (unpaired) electrons. The van der Waals surface area contributed by atoms with Crippen molar-refractivity contribution in [3.63, 3.8) is 0 Å². The zero-order chi connectivity index (χ0) is 37.4. The summed E-state index contributed by atoms with van der Waals surface area (Å²) in [6.45, 7) is 14.4. The van der Waals surface area contributed by atoms with Crippen molar-refractivity contribution in [1.82, 2.24) is 0 Å². The molecule has 4 aliphatic rings. The quantitative estimate of drug-likeness (QED) is 0.102. The van der Waals surface area contributed by atoms with E-state index in [9.17, 15) is 14.7 Å². The highest BCUT2D eigenvalue weighted by Gasteiger charge is 2.50. The van der Waals surface area contributed by atoms with E-state index in [2.05, 4.69) is 75.3 Å². The first-order valence-corrected chi connectivity index (χ1v) is 19.4. The van der Waals surface area contributed by atoms with Crippen LogP contribution in [0.15, 0.2) is 88.7 Å². The molecule has 7 rings (SSSR count). The highest BCUT2D eigenvalue weighted by molar-refractivity contribution is 6.55. The Morgan fingerprint density at radius 3 is 2.02 bits per heavy atom. The molecule has 3 aromatic rings. The Balaban J connectivity index is 1.50. The topological polar surface area (TPSA) is 60.6 Å². The number of para-hydroxylation sites is 2. The minimum absolute atomic E-state index is 0.0169. The summed E-state index contributed by atoms with van der Waals surface area (Å²) in [5, 5.41) is 11.6. The number of carbonyl (C=O) groups is 2. The van der Waals surface area contributed by atoms with Crippen molar-refractivity contribution >= 4 is 80.8 Å². The highest BCUT2D eigenvalue weighted by atomic mass is 35.5. The van der Waals surface area contributed by atoms with Crippen molar-refractivity contribution < 1.29 is 19.3 Å². The molecule has 52 heavy (non-hydrogen) atoms. The number of fused-ring (bicyclic) bond motifs is 3. The largest absolute Gasteiger partial charge is 0.506 e. The number of Topliss-reactive ketones (excluding diaryl/α,β-unsaturated/α-hetero) is 2. The Hall–Kier alpha value is -3.61. The van der Waals surface area contributed by atoms with Crippen molar-refractivity contribution in [3.8, 4) is 0 Å². The van der Waals surface area contributed by atoms with E-state index in [0.717, 1.165) is 72.7 Å². The molecule has 0 saturated carbocycles. The second-order valence-electron chi connectivity index (χ2n) is 14.9. The molecular weight excluding hydrogens is 734 g/mol. The molecule has 0 amide bonds. The van der Waals surface area contributed by atoms with E-state index in [0.29, 0.717) is 16.7 Å². The SMILES string of the molecule is CCCCN1/C(=C/C2=C(C3=C(O)c4c(Cl)c(Cl)c(Cl)c(Cl)c4C3=O)C(=C/C3=[N+](CCCC)c4ccccc4C3(C)C)/C2=O)C(C)(C)c2ccccc21. The van der Waals surface area contributed by atoms with Crippen molar-refractivity contribution in [2.45, 2.75) is 78.1 Å². The fourth-order valence-corrected chi connectivity index (χ4v) is 9.27. The number of hydrogen-bond donors (Lipinski definition) is 1. The number of carbonyl (C=O) groups excluding carboxylic acids is 2. The van der Waals surface area contributed by atoms with Crippen LogP contribution in [0.4, 0.5) is 11.4 Å². The van der Waals surface area contributed by atoms with Gasteiger partial charge < -0.3 is 10.0 Å². The fourth-order valence-electron chi connectivity index (χ4n) is 8.25. The molecule has 9 heteroatoms. The number of aliphatic hydroxyl groups is 1. The van der Waals surface area contributed by atoms with Crippen molar-refractivity contribution in [2.24, 2.45) is 0 Å².